The summed E-state index contributed by atoms with van der Waals surface area (Å²) in [6.07, 6.45) is 4.86. The zero-order valence-corrected chi connectivity index (χ0v) is 11.2. The summed E-state index contributed by atoms with van der Waals surface area (Å²) in [5.41, 5.74) is 10.7. The first-order valence-electron chi connectivity index (χ1n) is 6.87. The van der Waals surface area contributed by atoms with Gasteiger partial charge in [-0.2, -0.15) is 0 Å². The number of nitrogens with two attached hydrogens (primary N) is 2. The maximum Gasteiger partial charge on any atom is 0.237 e. The number of carbonyl (C=O) groups excluding carboxylic acids is 1. The summed E-state index contributed by atoms with van der Waals surface area (Å²) < 4.78 is 5.25. The summed E-state index contributed by atoms with van der Waals surface area (Å²) in [5, 5.41) is 0. The Morgan fingerprint density at radius 2 is 2.28 bits per heavy atom. The Morgan fingerprint density at radius 3 is 2.89 bits per heavy atom. The van der Waals surface area contributed by atoms with Gasteiger partial charge >= 0.3 is 0 Å². The van der Waals surface area contributed by atoms with Crippen molar-refractivity contribution in [3.8, 4) is 0 Å². The zero-order valence-electron chi connectivity index (χ0n) is 11.2. The molecule has 0 radical (unpaired) electrons. The predicted molar refractivity (Wildman–Crippen MR) is 69.9 cm³/mol. The minimum absolute atomic E-state index is 0.351. The van der Waals surface area contributed by atoms with Crippen LogP contribution >= 0.6 is 0 Å². The molecule has 104 valence electrons. The van der Waals surface area contributed by atoms with E-state index >= 15 is 0 Å². The number of likely N-dealkylation sites (tertiary alicyclic amines) is 1. The molecule has 1 aliphatic heterocycles. The summed E-state index contributed by atoms with van der Waals surface area (Å²) in [4.78, 5) is 13.9. The van der Waals surface area contributed by atoms with Crippen LogP contribution in [-0.4, -0.2) is 49.2 Å². The van der Waals surface area contributed by atoms with Crippen LogP contribution in [-0.2, 0) is 9.53 Å². The minimum Gasteiger partial charge on any atom is -0.384 e. The van der Waals surface area contributed by atoms with Crippen LogP contribution in [0.5, 0.6) is 0 Å². The molecule has 0 bridgehead atoms. The Balaban J connectivity index is 1.91. The van der Waals surface area contributed by atoms with Gasteiger partial charge in [-0.1, -0.05) is 0 Å². The van der Waals surface area contributed by atoms with Crippen molar-refractivity contribution in [1.29, 1.82) is 0 Å². The molecule has 0 spiro atoms. The normalized spacial score (nSPS) is 37.9. The Hall–Kier alpha value is -0.650. The van der Waals surface area contributed by atoms with E-state index in [1.54, 1.807) is 7.11 Å². The summed E-state index contributed by atoms with van der Waals surface area (Å²) in [7, 11) is 1.76. The summed E-state index contributed by atoms with van der Waals surface area (Å²) in [5.74, 6) is 0.264. The van der Waals surface area contributed by atoms with Gasteiger partial charge in [-0.3, -0.25) is 9.69 Å². The van der Waals surface area contributed by atoms with Crippen LogP contribution in [0.15, 0.2) is 0 Å². The van der Waals surface area contributed by atoms with Gasteiger partial charge < -0.3 is 16.2 Å². The highest BCUT2D eigenvalue weighted by Gasteiger charge is 2.43. The molecule has 2 rings (SSSR count). The van der Waals surface area contributed by atoms with Crippen LogP contribution in [0, 0.1) is 5.92 Å². The molecule has 5 heteroatoms. The molecule has 2 aliphatic rings. The van der Waals surface area contributed by atoms with Gasteiger partial charge in [0.05, 0.1) is 12.1 Å². The lowest BCUT2D eigenvalue weighted by Gasteiger charge is -2.37. The lowest BCUT2D eigenvalue weighted by molar-refractivity contribution is -0.123. The van der Waals surface area contributed by atoms with E-state index in [0.717, 1.165) is 32.5 Å². The third-order valence-electron chi connectivity index (χ3n) is 4.48. The number of rotatable bonds is 4. The summed E-state index contributed by atoms with van der Waals surface area (Å²) in [6, 6.07) is 0.419. The van der Waals surface area contributed by atoms with Crippen LogP contribution in [0.1, 0.15) is 32.1 Å². The third-order valence-corrected chi connectivity index (χ3v) is 4.48. The van der Waals surface area contributed by atoms with Crippen molar-refractivity contribution in [2.24, 2.45) is 17.4 Å². The molecular formula is C13H25N3O2. The maximum absolute atomic E-state index is 11.4. The maximum atomic E-state index is 11.4. The highest BCUT2D eigenvalue weighted by Crippen LogP contribution is 2.33. The number of methoxy groups -OCH3 is 1. The SMILES string of the molecule is COCC1CCCN(C2CCC(N)(C(N)=O)C2)C1. The molecule has 0 aromatic rings. The highest BCUT2D eigenvalue weighted by molar-refractivity contribution is 5.84. The molecule has 3 atom stereocenters. The van der Waals surface area contributed by atoms with Gasteiger partial charge in [0, 0.05) is 19.7 Å². The lowest BCUT2D eigenvalue weighted by atomic mass is 9.95. The van der Waals surface area contributed by atoms with Gasteiger partial charge in [-0.05, 0) is 44.6 Å². The number of primary amides is 1. The van der Waals surface area contributed by atoms with Crippen LogP contribution in [0.3, 0.4) is 0 Å². The van der Waals surface area contributed by atoms with Crippen molar-refractivity contribution in [3.63, 3.8) is 0 Å². The van der Waals surface area contributed by atoms with Gasteiger partial charge in [0.2, 0.25) is 5.91 Å². The lowest BCUT2D eigenvalue weighted by Crippen LogP contribution is -2.51. The van der Waals surface area contributed by atoms with Crippen molar-refractivity contribution in [1.82, 2.24) is 4.90 Å². The van der Waals surface area contributed by atoms with E-state index < -0.39 is 5.54 Å². The first kappa shape index (κ1) is 13.8. The molecule has 0 aromatic heterocycles. The molecule has 1 heterocycles. The zero-order chi connectivity index (χ0) is 13.2. The fourth-order valence-corrected chi connectivity index (χ4v) is 3.38. The minimum atomic E-state index is -0.779. The van der Waals surface area contributed by atoms with Crippen LogP contribution in [0.2, 0.25) is 0 Å². The molecule has 18 heavy (non-hydrogen) atoms. The number of hydrogen-bond donors (Lipinski definition) is 2. The Morgan fingerprint density at radius 1 is 1.50 bits per heavy atom. The second kappa shape index (κ2) is 5.55. The smallest absolute Gasteiger partial charge is 0.237 e. The van der Waals surface area contributed by atoms with Crippen molar-refractivity contribution in [3.05, 3.63) is 0 Å². The first-order chi connectivity index (χ1) is 8.55. The molecule has 2 fully saturated rings. The fourth-order valence-electron chi connectivity index (χ4n) is 3.38. The van der Waals surface area contributed by atoms with E-state index in [-0.39, 0.29) is 5.91 Å². The number of carbonyl (C=O) groups is 1. The molecule has 3 unspecified atom stereocenters. The molecule has 1 saturated carbocycles. The highest BCUT2D eigenvalue weighted by atomic mass is 16.5. The fraction of sp³-hybridized carbons (Fsp3) is 0.923. The van der Waals surface area contributed by atoms with Crippen molar-refractivity contribution in [2.45, 2.75) is 43.7 Å². The Bertz CT molecular complexity index is 309. The number of hydrogen-bond acceptors (Lipinski definition) is 4. The Labute approximate surface area is 109 Å². The quantitative estimate of drug-likeness (QED) is 0.745. The summed E-state index contributed by atoms with van der Waals surface area (Å²) in [6.45, 7) is 3.00. The van der Waals surface area contributed by atoms with Crippen LogP contribution in [0.4, 0.5) is 0 Å². The van der Waals surface area contributed by atoms with Gasteiger partial charge in [0.25, 0.3) is 0 Å². The number of amides is 1. The first-order valence-corrected chi connectivity index (χ1v) is 6.87. The molecule has 1 amide bonds. The van der Waals surface area contributed by atoms with E-state index in [1.165, 1.54) is 12.8 Å². The predicted octanol–water partition coefficient (Wildman–Crippen LogP) is 0.0801. The van der Waals surface area contributed by atoms with Crippen molar-refractivity contribution < 1.29 is 9.53 Å². The van der Waals surface area contributed by atoms with Crippen molar-refractivity contribution >= 4 is 5.91 Å². The number of nitrogens with zero attached hydrogens (tertiary/aromatic N) is 1. The van der Waals surface area contributed by atoms with E-state index in [2.05, 4.69) is 4.90 Å². The van der Waals surface area contributed by atoms with Gasteiger partial charge in [0.1, 0.15) is 0 Å². The number of ether oxygens (including phenoxy) is 1. The van der Waals surface area contributed by atoms with E-state index in [4.69, 9.17) is 16.2 Å². The Kier molecular flexibility index (Phi) is 4.25. The third kappa shape index (κ3) is 2.84. The summed E-state index contributed by atoms with van der Waals surface area (Å²) >= 11 is 0. The monoisotopic (exact) mass is 255 g/mol. The molecular weight excluding hydrogens is 230 g/mol. The van der Waals surface area contributed by atoms with E-state index in [9.17, 15) is 4.79 Å². The topological polar surface area (TPSA) is 81.6 Å². The largest absolute Gasteiger partial charge is 0.384 e. The second-order valence-electron chi connectivity index (χ2n) is 5.88. The van der Waals surface area contributed by atoms with Gasteiger partial charge in [0.15, 0.2) is 0 Å². The van der Waals surface area contributed by atoms with Crippen LogP contribution in [0.25, 0.3) is 0 Å². The van der Waals surface area contributed by atoms with Gasteiger partial charge in [-0.25, -0.2) is 0 Å². The molecule has 1 aliphatic carbocycles. The molecule has 1 saturated heterocycles. The van der Waals surface area contributed by atoms with Crippen molar-refractivity contribution in [2.75, 3.05) is 26.8 Å². The average molecular weight is 255 g/mol. The molecule has 4 N–H and O–H groups in total. The second-order valence-corrected chi connectivity index (χ2v) is 5.88. The standard InChI is InChI=1S/C13H25N3O2/c1-18-9-10-3-2-6-16(8-10)11-4-5-13(15,7-11)12(14)17/h10-11H,2-9,15H2,1H3,(H2,14,17). The van der Waals surface area contributed by atoms with E-state index in [0.29, 0.717) is 18.4 Å². The average Bonchev–Trinajstić information content (AvgIpc) is 2.74. The van der Waals surface area contributed by atoms with E-state index in [1.807, 2.05) is 0 Å². The molecule has 5 nitrogen and oxygen atoms in total. The number of piperidine rings is 1. The van der Waals surface area contributed by atoms with Gasteiger partial charge in [-0.15, -0.1) is 0 Å². The van der Waals surface area contributed by atoms with Crippen LogP contribution < -0.4 is 11.5 Å². The molecule has 0 aromatic carbocycles.